The maximum atomic E-state index is 5.01. The molecule has 0 fully saturated rings. The molecule has 0 aliphatic carbocycles. The average molecular weight is 450 g/mol. The highest BCUT2D eigenvalue weighted by molar-refractivity contribution is 7.23. The zero-order valence-corrected chi connectivity index (χ0v) is 20.0. The predicted octanol–water partition coefficient (Wildman–Crippen LogP) is 5.05. The molecule has 0 saturated heterocycles. The first-order valence-corrected chi connectivity index (χ1v) is 13.8. The first-order chi connectivity index (χ1) is 16.8. The lowest BCUT2D eigenvalue weighted by molar-refractivity contribution is 1.42. The standard InChI is InChI=1S/C32H23NSi/c1-22-18-19-26-28(21-22)25-16-10-20-33-31(25)30-27-15-8-9-17-29(27)34(32(26)30,23-11-4-2-5-12-23)24-13-6-3-7-14-24/h2-21H,1H3. The molecule has 0 N–H and O–H groups in total. The quantitative estimate of drug-likeness (QED) is 0.266. The summed E-state index contributed by atoms with van der Waals surface area (Å²) in [6, 6.07) is 42.7. The van der Waals surface area contributed by atoms with Crippen LogP contribution in [-0.2, 0) is 0 Å². The molecule has 1 aliphatic heterocycles. The van der Waals surface area contributed by atoms with Gasteiger partial charge in [-0.25, -0.2) is 0 Å². The van der Waals surface area contributed by atoms with Crippen molar-refractivity contribution in [2.24, 2.45) is 0 Å². The number of nitrogens with zero attached hydrogens (tertiary/aromatic N) is 1. The van der Waals surface area contributed by atoms with Crippen molar-refractivity contribution in [1.82, 2.24) is 4.98 Å². The summed E-state index contributed by atoms with van der Waals surface area (Å²) in [4.78, 5) is 5.01. The number of fused-ring (bicyclic) bond motifs is 8. The van der Waals surface area contributed by atoms with Gasteiger partial charge in [0.1, 0.15) is 0 Å². The van der Waals surface area contributed by atoms with Crippen LogP contribution in [0, 0.1) is 6.92 Å². The van der Waals surface area contributed by atoms with Crippen molar-refractivity contribution in [3.8, 4) is 11.1 Å². The first kappa shape index (κ1) is 19.5. The predicted molar refractivity (Wildman–Crippen MR) is 147 cm³/mol. The summed E-state index contributed by atoms with van der Waals surface area (Å²) < 4.78 is 0. The molecule has 0 bridgehead atoms. The minimum Gasteiger partial charge on any atom is -0.256 e. The normalized spacial score (nSPS) is 13.7. The third-order valence-corrected chi connectivity index (χ3v) is 12.3. The van der Waals surface area contributed by atoms with Crippen LogP contribution in [-0.4, -0.2) is 13.1 Å². The Bertz CT molecular complexity index is 1670. The first-order valence-electron chi connectivity index (χ1n) is 11.8. The van der Waals surface area contributed by atoms with Crippen molar-refractivity contribution in [1.29, 1.82) is 0 Å². The number of hydrogen-bond acceptors (Lipinski definition) is 1. The smallest absolute Gasteiger partial charge is 0.181 e. The maximum Gasteiger partial charge on any atom is 0.181 e. The maximum absolute atomic E-state index is 5.01. The van der Waals surface area contributed by atoms with Crippen LogP contribution in [0.15, 0.2) is 121 Å². The Labute approximate surface area is 200 Å². The van der Waals surface area contributed by atoms with Crippen LogP contribution >= 0.6 is 0 Å². The van der Waals surface area contributed by atoms with Crippen molar-refractivity contribution >= 4 is 50.5 Å². The lowest BCUT2D eigenvalue weighted by atomic mass is 9.95. The number of pyridine rings is 1. The zero-order valence-electron chi connectivity index (χ0n) is 19.0. The molecule has 160 valence electrons. The molecule has 1 aromatic heterocycles. The van der Waals surface area contributed by atoms with Crippen molar-refractivity contribution in [2.45, 2.75) is 6.92 Å². The largest absolute Gasteiger partial charge is 0.256 e. The van der Waals surface area contributed by atoms with Crippen molar-refractivity contribution in [3.63, 3.8) is 0 Å². The minimum absolute atomic E-state index is 1.12. The van der Waals surface area contributed by atoms with Gasteiger partial charge in [0.15, 0.2) is 8.07 Å². The SMILES string of the molecule is Cc1ccc2c3c(c4ncccc4c2c1)-c1ccccc1[Si]3(c1ccccc1)c1ccccc1. The molecule has 34 heavy (non-hydrogen) atoms. The highest BCUT2D eigenvalue weighted by atomic mass is 28.3. The van der Waals surface area contributed by atoms with Crippen LogP contribution in [0.4, 0.5) is 0 Å². The van der Waals surface area contributed by atoms with Gasteiger partial charge in [-0.3, -0.25) is 4.98 Å². The molecule has 0 saturated carbocycles. The Morgan fingerprint density at radius 1 is 0.588 bits per heavy atom. The van der Waals surface area contributed by atoms with E-state index in [1.807, 2.05) is 6.20 Å². The second kappa shape index (κ2) is 7.24. The third kappa shape index (κ3) is 2.46. The summed E-state index contributed by atoms with van der Waals surface area (Å²) in [5.74, 6) is 0. The van der Waals surface area contributed by atoms with E-state index in [9.17, 15) is 0 Å². The van der Waals surface area contributed by atoms with Crippen LogP contribution in [0.2, 0.25) is 0 Å². The van der Waals surface area contributed by atoms with E-state index in [1.54, 1.807) is 0 Å². The minimum atomic E-state index is -2.56. The lowest BCUT2D eigenvalue weighted by Gasteiger charge is -2.32. The van der Waals surface area contributed by atoms with Crippen LogP contribution in [0.25, 0.3) is 32.8 Å². The van der Waals surface area contributed by atoms with Gasteiger partial charge in [0.25, 0.3) is 0 Å². The zero-order chi connectivity index (χ0) is 22.7. The Balaban J connectivity index is 1.81. The van der Waals surface area contributed by atoms with Crippen LogP contribution in [0.5, 0.6) is 0 Å². The van der Waals surface area contributed by atoms with Gasteiger partial charge in [-0.1, -0.05) is 115 Å². The van der Waals surface area contributed by atoms with E-state index in [1.165, 1.54) is 53.6 Å². The van der Waals surface area contributed by atoms with Gasteiger partial charge >= 0.3 is 0 Å². The molecule has 2 heterocycles. The molecule has 0 atom stereocenters. The topological polar surface area (TPSA) is 12.9 Å². The molecule has 0 radical (unpaired) electrons. The fourth-order valence-corrected chi connectivity index (χ4v) is 11.5. The van der Waals surface area contributed by atoms with Crippen LogP contribution in [0.1, 0.15) is 5.56 Å². The summed E-state index contributed by atoms with van der Waals surface area (Å²) in [5, 5.41) is 9.68. The molecule has 5 aromatic carbocycles. The second-order valence-corrected chi connectivity index (χ2v) is 12.9. The Morgan fingerprint density at radius 2 is 1.26 bits per heavy atom. The molecule has 1 nitrogen and oxygen atoms in total. The fourth-order valence-electron chi connectivity index (χ4n) is 6.13. The highest BCUT2D eigenvalue weighted by Gasteiger charge is 2.50. The lowest BCUT2D eigenvalue weighted by Crippen LogP contribution is -2.73. The highest BCUT2D eigenvalue weighted by Crippen LogP contribution is 2.38. The Hall–Kier alpha value is -4.01. The number of aryl methyl sites for hydroxylation is 1. The van der Waals surface area contributed by atoms with E-state index in [-0.39, 0.29) is 0 Å². The van der Waals surface area contributed by atoms with E-state index < -0.39 is 8.07 Å². The Morgan fingerprint density at radius 3 is 2.00 bits per heavy atom. The van der Waals surface area contributed by atoms with Gasteiger partial charge in [-0.15, -0.1) is 0 Å². The molecule has 7 rings (SSSR count). The second-order valence-electron chi connectivity index (χ2n) is 9.23. The van der Waals surface area contributed by atoms with Gasteiger partial charge < -0.3 is 0 Å². The fraction of sp³-hybridized carbons (Fsp3) is 0.0312. The molecule has 0 unspecified atom stereocenters. The van der Waals surface area contributed by atoms with E-state index in [4.69, 9.17) is 4.98 Å². The van der Waals surface area contributed by atoms with E-state index in [0.717, 1.165) is 5.52 Å². The number of aromatic nitrogens is 1. The van der Waals surface area contributed by atoms with E-state index in [2.05, 4.69) is 122 Å². The summed E-state index contributed by atoms with van der Waals surface area (Å²) >= 11 is 0. The summed E-state index contributed by atoms with van der Waals surface area (Å²) in [6.07, 6.45) is 1.94. The van der Waals surface area contributed by atoms with Gasteiger partial charge in [0, 0.05) is 17.1 Å². The summed E-state index contributed by atoms with van der Waals surface area (Å²) in [7, 11) is -2.56. The van der Waals surface area contributed by atoms with Crippen molar-refractivity contribution in [3.05, 3.63) is 127 Å². The molecule has 0 spiro atoms. The van der Waals surface area contributed by atoms with E-state index in [0.29, 0.717) is 0 Å². The molecule has 6 aromatic rings. The number of rotatable bonds is 2. The number of benzene rings is 5. The van der Waals surface area contributed by atoms with Gasteiger partial charge in [0.05, 0.1) is 5.52 Å². The molecule has 0 amide bonds. The van der Waals surface area contributed by atoms with Gasteiger partial charge in [-0.2, -0.15) is 0 Å². The molecular formula is C32H23NSi. The molecular weight excluding hydrogens is 426 g/mol. The van der Waals surface area contributed by atoms with Crippen molar-refractivity contribution < 1.29 is 0 Å². The van der Waals surface area contributed by atoms with Gasteiger partial charge in [-0.05, 0) is 50.1 Å². The van der Waals surface area contributed by atoms with Crippen LogP contribution < -0.4 is 20.7 Å². The molecule has 1 aliphatic rings. The third-order valence-electron chi connectivity index (χ3n) is 7.42. The summed E-state index contributed by atoms with van der Waals surface area (Å²) in [5.41, 5.74) is 5.05. The van der Waals surface area contributed by atoms with Gasteiger partial charge in [0.2, 0.25) is 0 Å². The number of hydrogen-bond donors (Lipinski definition) is 0. The van der Waals surface area contributed by atoms with E-state index >= 15 is 0 Å². The monoisotopic (exact) mass is 449 g/mol. The average Bonchev–Trinajstić information content (AvgIpc) is 3.22. The Kier molecular flexibility index (Phi) is 4.14. The summed E-state index contributed by atoms with van der Waals surface area (Å²) in [6.45, 7) is 2.18. The van der Waals surface area contributed by atoms with Crippen molar-refractivity contribution in [2.75, 3.05) is 0 Å². The van der Waals surface area contributed by atoms with Crippen LogP contribution in [0.3, 0.4) is 0 Å². The molecule has 2 heteroatoms.